The summed E-state index contributed by atoms with van der Waals surface area (Å²) in [6, 6.07) is 1.96. The first-order valence-corrected chi connectivity index (χ1v) is 5.61. The molecule has 0 fully saturated rings. The lowest BCUT2D eigenvalue weighted by atomic mass is 10.2. The number of hydrogen-bond donors (Lipinski definition) is 1. The summed E-state index contributed by atoms with van der Waals surface area (Å²) in [6.07, 6.45) is 3.06. The second-order valence-electron chi connectivity index (χ2n) is 3.44. The van der Waals surface area contributed by atoms with Crippen molar-refractivity contribution in [3.8, 4) is 10.6 Å². The number of aliphatic hydroxyl groups is 1. The third kappa shape index (κ3) is 2.06. The number of rotatable bonds is 2. The highest BCUT2D eigenvalue weighted by atomic mass is 32.1. The van der Waals surface area contributed by atoms with E-state index in [0.29, 0.717) is 0 Å². The first kappa shape index (κ1) is 10.3. The third-order valence-electron chi connectivity index (χ3n) is 2.22. The maximum Gasteiger partial charge on any atom is 0.125 e. The topological polar surface area (TPSA) is 46.0 Å². The van der Waals surface area contributed by atoms with Crippen LogP contribution in [0.25, 0.3) is 10.6 Å². The molecule has 78 valence electrons. The molecule has 0 saturated carbocycles. The highest BCUT2D eigenvalue weighted by molar-refractivity contribution is 7.13. The van der Waals surface area contributed by atoms with Crippen molar-refractivity contribution in [3.63, 3.8) is 0 Å². The van der Waals surface area contributed by atoms with E-state index in [0.717, 1.165) is 21.8 Å². The molecule has 2 aromatic heterocycles. The van der Waals surface area contributed by atoms with Gasteiger partial charge in [0.15, 0.2) is 0 Å². The molecule has 1 unspecified atom stereocenters. The summed E-state index contributed by atoms with van der Waals surface area (Å²) in [6.45, 7) is 3.75. The van der Waals surface area contributed by atoms with Gasteiger partial charge in [-0.3, -0.25) is 4.98 Å². The fourth-order valence-electron chi connectivity index (χ4n) is 1.29. The van der Waals surface area contributed by atoms with Crippen molar-refractivity contribution < 1.29 is 5.11 Å². The van der Waals surface area contributed by atoms with Crippen LogP contribution in [0.3, 0.4) is 0 Å². The Balaban J connectivity index is 2.42. The highest BCUT2D eigenvalue weighted by Crippen LogP contribution is 2.27. The molecule has 0 aliphatic carbocycles. The van der Waals surface area contributed by atoms with E-state index >= 15 is 0 Å². The molecule has 0 aliphatic heterocycles. The molecule has 2 aromatic rings. The van der Waals surface area contributed by atoms with Crippen LogP contribution in [0.4, 0.5) is 0 Å². The van der Waals surface area contributed by atoms with Gasteiger partial charge < -0.3 is 5.11 Å². The molecule has 1 atom stereocenters. The van der Waals surface area contributed by atoms with Crippen LogP contribution in [0.15, 0.2) is 23.8 Å². The maximum atomic E-state index is 9.38. The van der Waals surface area contributed by atoms with E-state index in [1.165, 1.54) is 11.3 Å². The van der Waals surface area contributed by atoms with Crippen LogP contribution in [0.1, 0.15) is 24.3 Å². The Labute approximate surface area is 92.5 Å². The lowest BCUT2D eigenvalue weighted by molar-refractivity contribution is 0.195. The van der Waals surface area contributed by atoms with Crippen LogP contribution in [-0.4, -0.2) is 15.1 Å². The number of aliphatic hydroxyl groups excluding tert-OH is 1. The average molecular weight is 220 g/mol. The molecule has 4 heteroatoms. The molecular formula is C11H12N2OS. The number of aryl methyl sites for hydroxylation is 1. The van der Waals surface area contributed by atoms with Gasteiger partial charge in [-0.05, 0) is 25.5 Å². The first-order chi connectivity index (χ1) is 7.18. The van der Waals surface area contributed by atoms with E-state index in [9.17, 15) is 5.11 Å². The molecule has 0 aliphatic rings. The molecule has 0 amide bonds. The fourth-order valence-corrected chi connectivity index (χ4v) is 2.27. The van der Waals surface area contributed by atoms with Crippen molar-refractivity contribution in [2.24, 2.45) is 0 Å². The predicted molar refractivity (Wildman–Crippen MR) is 60.7 cm³/mol. The molecule has 0 radical (unpaired) electrons. The molecule has 1 N–H and O–H groups in total. The zero-order chi connectivity index (χ0) is 10.8. The van der Waals surface area contributed by atoms with Crippen molar-refractivity contribution in [2.45, 2.75) is 20.0 Å². The van der Waals surface area contributed by atoms with Crippen molar-refractivity contribution in [1.82, 2.24) is 9.97 Å². The second kappa shape index (κ2) is 4.08. The molecule has 0 saturated heterocycles. The normalized spacial score (nSPS) is 12.7. The Bertz CT molecular complexity index is 465. The van der Waals surface area contributed by atoms with Crippen molar-refractivity contribution in [2.75, 3.05) is 0 Å². The van der Waals surface area contributed by atoms with Crippen LogP contribution < -0.4 is 0 Å². The zero-order valence-corrected chi connectivity index (χ0v) is 9.45. The fraction of sp³-hybridized carbons (Fsp3) is 0.273. The Morgan fingerprint density at radius 2 is 2.27 bits per heavy atom. The van der Waals surface area contributed by atoms with E-state index in [1.807, 2.05) is 18.4 Å². The number of aromatic nitrogens is 2. The zero-order valence-electron chi connectivity index (χ0n) is 8.64. The minimum atomic E-state index is -0.507. The van der Waals surface area contributed by atoms with Crippen LogP contribution in [0, 0.1) is 6.92 Å². The monoisotopic (exact) mass is 220 g/mol. The standard InChI is InChI=1S/C11H12N2OS/c1-7-3-4-12-5-9(7)11-13-10(6-15-11)8(2)14/h3-6,8,14H,1-2H3. The van der Waals surface area contributed by atoms with Gasteiger partial charge in [-0.2, -0.15) is 0 Å². The van der Waals surface area contributed by atoms with Crippen LogP contribution >= 0.6 is 11.3 Å². The summed E-state index contributed by atoms with van der Waals surface area (Å²) >= 11 is 1.53. The maximum absolute atomic E-state index is 9.38. The van der Waals surface area contributed by atoms with Gasteiger partial charge in [-0.1, -0.05) is 0 Å². The SMILES string of the molecule is Cc1ccncc1-c1nc(C(C)O)cs1. The lowest BCUT2D eigenvalue weighted by Crippen LogP contribution is -1.91. The summed E-state index contributed by atoms with van der Waals surface area (Å²) in [4.78, 5) is 8.45. The van der Waals surface area contributed by atoms with Crippen molar-refractivity contribution in [3.05, 3.63) is 35.1 Å². The van der Waals surface area contributed by atoms with Gasteiger partial charge in [-0.25, -0.2) is 4.98 Å². The minimum absolute atomic E-state index is 0.507. The number of pyridine rings is 1. The molecule has 0 aromatic carbocycles. The van der Waals surface area contributed by atoms with Gasteiger partial charge >= 0.3 is 0 Å². The van der Waals surface area contributed by atoms with Crippen LogP contribution in [0.5, 0.6) is 0 Å². The van der Waals surface area contributed by atoms with Gasteiger partial charge in [0.1, 0.15) is 5.01 Å². The van der Waals surface area contributed by atoms with Crippen molar-refractivity contribution >= 4 is 11.3 Å². The molecule has 0 bridgehead atoms. The minimum Gasteiger partial charge on any atom is -0.387 e. The average Bonchev–Trinajstić information content (AvgIpc) is 2.67. The summed E-state index contributed by atoms with van der Waals surface area (Å²) in [5.74, 6) is 0. The van der Waals surface area contributed by atoms with Crippen LogP contribution in [-0.2, 0) is 0 Å². The quantitative estimate of drug-likeness (QED) is 0.846. The number of thiazole rings is 1. The van der Waals surface area contributed by atoms with E-state index < -0.39 is 6.10 Å². The first-order valence-electron chi connectivity index (χ1n) is 4.73. The molecule has 2 heterocycles. The Morgan fingerprint density at radius 3 is 2.87 bits per heavy atom. The Morgan fingerprint density at radius 1 is 1.47 bits per heavy atom. The van der Waals surface area contributed by atoms with Gasteiger partial charge in [0.25, 0.3) is 0 Å². The Kier molecular flexibility index (Phi) is 2.79. The summed E-state index contributed by atoms with van der Waals surface area (Å²) in [5.41, 5.74) is 2.91. The van der Waals surface area contributed by atoms with Gasteiger partial charge in [0.2, 0.25) is 0 Å². The molecule has 3 nitrogen and oxygen atoms in total. The van der Waals surface area contributed by atoms with E-state index in [4.69, 9.17) is 0 Å². The highest BCUT2D eigenvalue weighted by Gasteiger charge is 2.09. The van der Waals surface area contributed by atoms with E-state index in [1.54, 1.807) is 19.3 Å². The molecule has 2 rings (SSSR count). The largest absolute Gasteiger partial charge is 0.387 e. The molecule has 15 heavy (non-hydrogen) atoms. The smallest absolute Gasteiger partial charge is 0.125 e. The third-order valence-corrected chi connectivity index (χ3v) is 3.11. The van der Waals surface area contributed by atoms with Crippen LogP contribution in [0.2, 0.25) is 0 Å². The predicted octanol–water partition coefficient (Wildman–Crippen LogP) is 2.57. The van der Waals surface area contributed by atoms with E-state index in [2.05, 4.69) is 9.97 Å². The number of hydrogen-bond acceptors (Lipinski definition) is 4. The van der Waals surface area contributed by atoms with Gasteiger partial charge in [0, 0.05) is 23.3 Å². The summed E-state index contributed by atoms with van der Waals surface area (Å²) < 4.78 is 0. The second-order valence-corrected chi connectivity index (χ2v) is 4.30. The van der Waals surface area contributed by atoms with Gasteiger partial charge in [0.05, 0.1) is 11.8 Å². The molecule has 0 spiro atoms. The number of nitrogens with zero attached hydrogens (tertiary/aromatic N) is 2. The van der Waals surface area contributed by atoms with Gasteiger partial charge in [-0.15, -0.1) is 11.3 Å². The summed E-state index contributed by atoms with van der Waals surface area (Å²) in [5, 5.41) is 12.2. The summed E-state index contributed by atoms with van der Waals surface area (Å²) in [7, 11) is 0. The van der Waals surface area contributed by atoms with Crippen molar-refractivity contribution in [1.29, 1.82) is 0 Å². The Hall–Kier alpha value is -1.26. The lowest BCUT2D eigenvalue weighted by Gasteiger charge is -2.00. The van der Waals surface area contributed by atoms with E-state index in [-0.39, 0.29) is 0 Å². The molecular weight excluding hydrogens is 208 g/mol.